The van der Waals surface area contributed by atoms with Crippen LogP contribution < -0.4 is 0 Å². The van der Waals surface area contributed by atoms with Gasteiger partial charge in [-0.1, -0.05) is 17.7 Å². The van der Waals surface area contributed by atoms with Crippen LogP contribution in [0.1, 0.15) is 17.0 Å². The molecule has 1 aromatic heterocycles. The Morgan fingerprint density at radius 1 is 1.42 bits per heavy atom. The molecule has 0 amide bonds. The predicted molar refractivity (Wildman–Crippen MR) is 73.3 cm³/mol. The average molecular weight is 273 g/mol. The normalized spacial score (nSPS) is 15.0. The van der Waals surface area contributed by atoms with Crippen LogP contribution in [0.2, 0.25) is 5.02 Å². The summed E-state index contributed by atoms with van der Waals surface area (Å²) in [6.45, 7) is 1.75. The number of halogens is 1. The van der Waals surface area contributed by atoms with Gasteiger partial charge < -0.3 is 4.90 Å². The zero-order valence-electron chi connectivity index (χ0n) is 10.6. The Balaban J connectivity index is 2.16. The van der Waals surface area contributed by atoms with E-state index in [0.717, 1.165) is 36.5 Å². The third-order valence-electron chi connectivity index (χ3n) is 3.41. The van der Waals surface area contributed by atoms with Gasteiger partial charge in [0, 0.05) is 30.1 Å². The molecule has 3 rings (SSSR count). The highest BCUT2D eigenvalue weighted by Gasteiger charge is 2.23. The monoisotopic (exact) mass is 272 g/mol. The number of hydrogen-bond acceptors (Lipinski definition) is 3. The van der Waals surface area contributed by atoms with E-state index in [9.17, 15) is 5.26 Å². The van der Waals surface area contributed by atoms with Crippen molar-refractivity contribution in [2.45, 2.75) is 13.0 Å². The fraction of sp³-hybridized carbons (Fsp3) is 0.286. The third-order valence-corrected chi connectivity index (χ3v) is 3.64. The summed E-state index contributed by atoms with van der Waals surface area (Å²) in [6, 6.07) is 9.74. The molecule has 0 N–H and O–H groups in total. The predicted octanol–water partition coefficient (Wildman–Crippen LogP) is 2.39. The van der Waals surface area contributed by atoms with Gasteiger partial charge >= 0.3 is 0 Å². The van der Waals surface area contributed by atoms with Gasteiger partial charge in [-0.2, -0.15) is 10.4 Å². The van der Waals surface area contributed by atoms with E-state index < -0.39 is 0 Å². The number of hydrogen-bond donors (Lipinski definition) is 0. The van der Waals surface area contributed by atoms with E-state index in [1.54, 1.807) is 0 Å². The molecule has 2 heterocycles. The number of aromatic nitrogens is 2. The molecule has 1 aliphatic heterocycles. The first kappa shape index (κ1) is 12.2. The molecule has 5 heteroatoms. The van der Waals surface area contributed by atoms with Crippen molar-refractivity contribution >= 4 is 11.6 Å². The largest absolute Gasteiger partial charge is 0.302 e. The molecule has 0 fully saturated rings. The lowest BCUT2D eigenvalue weighted by Gasteiger charge is -2.23. The third kappa shape index (κ3) is 2.12. The standard InChI is InChI=1S/C14H13ClN4/c1-18-6-5-14-12(9-18)13(8-16)17-19(14)11-4-2-3-10(15)7-11/h2-4,7H,5-6,9H2,1H3. The second-order valence-electron chi connectivity index (χ2n) is 4.77. The van der Waals surface area contributed by atoms with Gasteiger partial charge in [0.05, 0.1) is 11.4 Å². The Labute approximate surface area is 116 Å². The number of likely N-dealkylation sites (N-methyl/N-ethyl adjacent to an activating group) is 1. The molecule has 0 atom stereocenters. The quantitative estimate of drug-likeness (QED) is 0.801. The summed E-state index contributed by atoms with van der Waals surface area (Å²) in [6.07, 6.45) is 0.896. The molecule has 1 aromatic carbocycles. The SMILES string of the molecule is CN1CCc2c(c(C#N)nn2-c2cccc(Cl)c2)C1. The fourth-order valence-electron chi connectivity index (χ4n) is 2.47. The van der Waals surface area contributed by atoms with Gasteiger partial charge in [-0.15, -0.1) is 0 Å². The highest BCUT2D eigenvalue weighted by atomic mass is 35.5. The molecular formula is C14H13ClN4. The van der Waals surface area contributed by atoms with E-state index in [-0.39, 0.29) is 0 Å². The Bertz CT molecular complexity index is 669. The number of rotatable bonds is 1. The van der Waals surface area contributed by atoms with Crippen LogP contribution in [-0.4, -0.2) is 28.3 Å². The molecule has 0 saturated heterocycles. The summed E-state index contributed by atoms with van der Waals surface area (Å²) in [7, 11) is 2.06. The van der Waals surface area contributed by atoms with Gasteiger partial charge in [0.15, 0.2) is 5.69 Å². The molecule has 2 aromatic rings. The van der Waals surface area contributed by atoms with Crippen molar-refractivity contribution in [3.8, 4) is 11.8 Å². The maximum absolute atomic E-state index is 9.22. The van der Waals surface area contributed by atoms with Crippen LogP contribution in [0.25, 0.3) is 5.69 Å². The van der Waals surface area contributed by atoms with Crippen LogP contribution in [0.15, 0.2) is 24.3 Å². The molecule has 0 spiro atoms. The minimum absolute atomic E-state index is 0.515. The van der Waals surface area contributed by atoms with Gasteiger partial charge in [0.25, 0.3) is 0 Å². The number of nitriles is 1. The molecule has 19 heavy (non-hydrogen) atoms. The van der Waals surface area contributed by atoms with Crippen LogP contribution in [0.3, 0.4) is 0 Å². The highest BCUT2D eigenvalue weighted by molar-refractivity contribution is 6.30. The van der Waals surface area contributed by atoms with Crippen molar-refractivity contribution in [1.82, 2.24) is 14.7 Å². The maximum atomic E-state index is 9.22. The maximum Gasteiger partial charge on any atom is 0.167 e. The fourth-order valence-corrected chi connectivity index (χ4v) is 2.65. The Kier molecular flexibility index (Phi) is 3.02. The topological polar surface area (TPSA) is 44.9 Å². The van der Waals surface area contributed by atoms with E-state index in [0.29, 0.717) is 10.7 Å². The molecule has 0 saturated carbocycles. The van der Waals surface area contributed by atoms with E-state index in [1.807, 2.05) is 28.9 Å². The van der Waals surface area contributed by atoms with E-state index in [2.05, 4.69) is 23.1 Å². The summed E-state index contributed by atoms with van der Waals surface area (Å²) < 4.78 is 1.85. The van der Waals surface area contributed by atoms with Gasteiger partial charge in [-0.3, -0.25) is 0 Å². The zero-order valence-corrected chi connectivity index (χ0v) is 11.4. The zero-order chi connectivity index (χ0) is 13.4. The summed E-state index contributed by atoms with van der Waals surface area (Å²) >= 11 is 6.03. The van der Waals surface area contributed by atoms with Crippen molar-refractivity contribution in [3.05, 3.63) is 46.2 Å². The Morgan fingerprint density at radius 2 is 2.26 bits per heavy atom. The number of benzene rings is 1. The molecule has 0 bridgehead atoms. The van der Waals surface area contributed by atoms with E-state index in [1.165, 1.54) is 0 Å². The van der Waals surface area contributed by atoms with Crippen molar-refractivity contribution in [2.24, 2.45) is 0 Å². The Hall–Kier alpha value is -1.83. The molecule has 0 aliphatic carbocycles. The lowest BCUT2D eigenvalue weighted by Crippen LogP contribution is -2.27. The first-order valence-corrected chi connectivity index (χ1v) is 6.52. The van der Waals surface area contributed by atoms with Crippen LogP contribution in [0.5, 0.6) is 0 Å². The molecule has 1 aliphatic rings. The molecular weight excluding hydrogens is 260 g/mol. The first-order valence-electron chi connectivity index (χ1n) is 6.14. The van der Waals surface area contributed by atoms with Crippen molar-refractivity contribution in [3.63, 3.8) is 0 Å². The lowest BCUT2D eigenvalue weighted by atomic mass is 10.1. The van der Waals surface area contributed by atoms with Gasteiger partial charge in [0.1, 0.15) is 6.07 Å². The summed E-state index contributed by atoms with van der Waals surface area (Å²) in [5.74, 6) is 0. The van der Waals surface area contributed by atoms with Crippen LogP contribution in [-0.2, 0) is 13.0 Å². The van der Waals surface area contributed by atoms with Gasteiger partial charge in [-0.25, -0.2) is 4.68 Å². The minimum atomic E-state index is 0.515. The first-order chi connectivity index (χ1) is 9.19. The number of nitrogens with zero attached hydrogens (tertiary/aromatic N) is 4. The molecule has 4 nitrogen and oxygen atoms in total. The Morgan fingerprint density at radius 3 is 3.00 bits per heavy atom. The van der Waals surface area contributed by atoms with Crippen LogP contribution in [0.4, 0.5) is 0 Å². The summed E-state index contributed by atoms with van der Waals surface area (Å²) in [5, 5.41) is 14.3. The lowest BCUT2D eigenvalue weighted by molar-refractivity contribution is 0.310. The molecule has 96 valence electrons. The van der Waals surface area contributed by atoms with E-state index in [4.69, 9.17) is 11.6 Å². The highest BCUT2D eigenvalue weighted by Crippen LogP contribution is 2.25. The van der Waals surface area contributed by atoms with Crippen molar-refractivity contribution in [1.29, 1.82) is 5.26 Å². The molecule has 0 unspecified atom stereocenters. The second-order valence-corrected chi connectivity index (χ2v) is 5.20. The van der Waals surface area contributed by atoms with Gasteiger partial charge in [-0.05, 0) is 25.2 Å². The van der Waals surface area contributed by atoms with Crippen molar-refractivity contribution < 1.29 is 0 Å². The summed E-state index contributed by atoms with van der Waals surface area (Å²) in [5.41, 5.74) is 3.59. The van der Waals surface area contributed by atoms with Crippen LogP contribution >= 0.6 is 11.6 Å². The average Bonchev–Trinajstić information content (AvgIpc) is 2.76. The second kappa shape index (κ2) is 4.69. The molecule has 0 radical (unpaired) electrons. The van der Waals surface area contributed by atoms with Crippen LogP contribution in [0, 0.1) is 11.3 Å². The van der Waals surface area contributed by atoms with Gasteiger partial charge in [0.2, 0.25) is 0 Å². The minimum Gasteiger partial charge on any atom is -0.302 e. The number of fused-ring (bicyclic) bond motifs is 1. The smallest absolute Gasteiger partial charge is 0.167 e. The summed E-state index contributed by atoms with van der Waals surface area (Å²) in [4.78, 5) is 2.20. The van der Waals surface area contributed by atoms with Crippen molar-refractivity contribution in [2.75, 3.05) is 13.6 Å². The van der Waals surface area contributed by atoms with E-state index >= 15 is 0 Å².